The highest BCUT2D eigenvalue weighted by Gasteiger charge is 2.46. The summed E-state index contributed by atoms with van der Waals surface area (Å²) in [6.45, 7) is 3.58. The van der Waals surface area contributed by atoms with Crippen LogP contribution in [0.5, 0.6) is 0 Å². The minimum atomic E-state index is -4.39. The van der Waals surface area contributed by atoms with Crippen molar-refractivity contribution in [2.75, 3.05) is 7.11 Å². The number of methoxy groups -OCH3 is 1. The first-order valence-corrected chi connectivity index (χ1v) is 9.20. The largest absolute Gasteiger partial charge is 0.374 e. The number of aromatic nitrogens is 2. The molecule has 1 aromatic rings. The van der Waals surface area contributed by atoms with E-state index in [0.717, 1.165) is 16.5 Å². The molecule has 1 aliphatic rings. The van der Waals surface area contributed by atoms with Gasteiger partial charge in [0.25, 0.3) is 5.56 Å². The molecule has 1 aliphatic heterocycles. The Balaban J connectivity index is 2.41. The van der Waals surface area contributed by atoms with E-state index in [9.17, 15) is 14.2 Å². The number of H-pyrrole nitrogens is 1. The Morgan fingerprint density at radius 1 is 1.36 bits per heavy atom. The van der Waals surface area contributed by atoms with Crippen LogP contribution in [0.1, 0.15) is 20.1 Å². The molecule has 0 radical (unpaired) electrons. The lowest BCUT2D eigenvalue weighted by atomic mass is 10.1. The first-order chi connectivity index (χ1) is 11.6. The van der Waals surface area contributed by atoms with Gasteiger partial charge in [-0.2, -0.15) is 0 Å². The van der Waals surface area contributed by atoms with Gasteiger partial charge in [-0.25, -0.2) is 4.79 Å². The number of nitrogens with zero attached hydrogens (tertiary/aromatic N) is 1. The molecule has 0 bridgehead atoms. The number of nitrogens with one attached hydrogen (secondary N) is 1. The van der Waals surface area contributed by atoms with Crippen LogP contribution in [0.2, 0.25) is 0 Å². The average Bonchev–Trinajstić information content (AvgIpc) is 2.81. The molecular formula is C14H21N2O8P. The highest BCUT2D eigenvalue weighted by molar-refractivity contribution is 7.55. The van der Waals surface area contributed by atoms with Crippen molar-refractivity contribution in [1.82, 2.24) is 9.55 Å². The zero-order valence-electron chi connectivity index (χ0n) is 13.9. The Labute approximate surface area is 143 Å². The summed E-state index contributed by atoms with van der Waals surface area (Å²) < 4.78 is 29.1. The van der Waals surface area contributed by atoms with Crippen molar-refractivity contribution >= 4 is 7.60 Å². The number of hydrogen-bond acceptors (Lipinski definition) is 6. The molecule has 2 heterocycles. The van der Waals surface area contributed by atoms with Crippen LogP contribution in [0.25, 0.3) is 0 Å². The number of aromatic amines is 1. The van der Waals surface area contributed by atoms with Gasteiger partial charge in [0.1, 0.15) is 18.3 Å². The van der Waals surface area contributed by atoms with Crippen molar-refractivity contribution in [2.24, 2.45) is 0 Å². The summed E-state index contributed by atoms with van der Waals surface area (Å²) in [6.07, 6.45) is -1.01. The lowest BCUT2D eigenvalue weighted by Crippen LogP contribution is -2.40. The lowest BCUT2D eigenvalue weighted by molar-refractivity contribution is -0.0768. The molecule has 11 heteroatoms. The van der Waals surface area contributed by atoms with Gasteiger partial charge in [0.2, 0.25) is 0 Å². The fraction of sp³-hybridized carbons (Fsp3) is 0.571. The summed E-state index contributed by atoms with van der Waals surface area (Å²) in [5.41, 5.74) is -1.25. The quantitative estimate of drug-likeness (QED) is 0.586. The molecule has 140 valence electrons. The highest BCUT2D eigenvalue weighted by Crippen LogP contribution is 2.39. The second kappa shape index (κ2) is 7.77. The van der Waals surface area contributed by atoms with Crippen LogP contribution in [-0.4, -0.2) is 50.9 Å². The van der Waals surface area contributed by atoms with E-state index in [1.807, 2.05) is 0 Å². The summed E-state index contributed by atoms with van der Waals surface area (Å²) in [5, 5.41) is 0. The van der Waals surface area contributed by atoms with E-state index in [2.05, 4.69) is 4.98 Å². The van der Waals surface area contributed by atoms with Crippen molar-refractivity contribution in [1.29, 1.82) is 0 Å². The minimum absolute atomic E-state index is 0.219. The van der Waals surface area contributed by atoms with Crippen LogP contribution in [0.3, 0.4) is 0 Å². The van der Waals surface area contributed by atoms with Crippen molar-refractivity contribution in [2.45, 2.75) is 44.5 Å². The Bertz CT molecular complexity index is 780. The predicted octanol–water partition coefficient (Wildman–Crippen LogP) is -0.0660. The molecule has 4 atom stereocenters. The van der Waals surface area contributed by atoms with E-state index >= 15 is 0 Å². The predicted molar refractivity (Wildman–Crippen MR) is 87.2 cm³/mol. The van der Waals surface area contributed by atoms with E-state index in [0.29, 0.717) is 0 Å². The summed E-state index contributed by atoms with van der Waals surface area (Å²) >= 11 is 0. The molecule has 0 aliphatic carbocycles. The Morgan fingerprint density at radius 2 is 2.04 bits per heavy atom. The van der Waals surface area contributed by atoms with Gasteiger partial charge >= 0.3 is 13.3 Å². The van der Waals surface area contributed by atoms with Gasteiger partial charge in [0, 0.05) is 25.2 Å². The maximum Gasteiger partial charge on any atom is 0.348 e. The van der Waals surface area contributed by atoms with Gasteiger partial charge in [-0.1, -0.05) is 0 Å². The van der Waals surface area contributed by atoms with Gasteiger partial charge in [-0.15, -0.1) is 0 Å². The third-order valence-electron chi connectivity index (χ3n) is 3.52. The second-order valence-electron chi connectivity index (χ2n) is 5.79. The normalized spacial score (nSPS) is 27.4. The Hall–Kier alpha value is -1.55. The van der Waals surface area contributed by atoms with Crippen molar-refractivity contribution in [3.05, 3.63) is 45.0 Å². The van der Waals surface area contributed by atoms with Gasteiger partial charge in [0.15, 0.2) is 6.23 Å². The molecule has 1 aromatic heterocycles. The van der Waals surface area contributed by atoms with Gasteiger partial charge in [0.05, 0.1) is 6.10 Å². The maximum atomic E-state index is 12.0. The standard InChI is InChI=1S/C14H21N2O8P/c1-8(2)23-11-9(5-7-25(19,20)21)24-13(12(11)22-3)16-6-4-10(17)15-14(16)18/h4-9,11-13H,1-3H3,(H,15,17,18)(H2,19,20,21)/b7-5+/t9-,11+,12+,13-/m1/s1. The van der Waals surface area contributed by atoms with E-state index in [4.69, 9.17) is 24.0 Å². The molecular weight excluding hydrogens is 355 g/mol. The summed E-state index contributed by atoms with van der Waals surface area (Å²) in [5.74, 6) is 0.721. The second-order valence-corrected chi connectivity index (χ2v) is 7.27. The van der Waals surface area contributed by atoms with E-state index < -0.39 is 43.4 Å². The topological polar surface area (TPSA) is 140 Å². The van der Waals surface area contributed by atoms with Crippen LogP contribution >= 0.6 is 7.60 Å². The molecule has 2 rings (SSSR count). The number of hydrogen-bond donors (Lipinski definition) is 3. The Kier molecular flexibility index (Phi) is 6.15. The molecule has 0 spiro atoms. The average molecular weight is 376 g/mol. The fourth-order valence-corrected chi connectivity index (χ4v) is 2.98. The van der Waals surface area contributed by atoms with Crippen LogP contribution in [0.4, 0.5) is 0 Å². The van der Waals surface area contributed by atoms with Crippen LogP contribution in [0, 0.1) is 0 Å². The van der Waals surface area contributed by atoms with E-state index in [1.165, 1.54) is 19.4 Å². The summed E-state index contributed by atoms with van der Waals surface area (Å²) in [6, 6.07) is 1.16. The first kappa shape index (κ1) is 19.8. The molecule has 0 aromatic carbocycles. The SMILES string of the molecule is CO[C@H]1[C@@H](OC(C)C)[C@@H](/C=C/P(=O)(O)O)O[C@H]1n1ccc(=O)[nH]c1=O. The Morgan fingerprint density at radius 3 is 2.56 bits per heavy atom. The van der Waals surface area contributed by atoms with Crippen molar-refractivity contribution in [3.8, 4) is 0 Å². The van der Waals surface area contributed by atoms with Crippen LogP contribution in [-0.2, 0) is 18.8 Å². The van der Waals surface area contributed by atoms with Crippen molar-refractivity contribution < 1.29 is 28.6 Å². The molecule has 10 nitrogen and oxygen atoms in total. The van der Waals surface area contributed by atoms with Crippen LogP contribution < -0.4 is 11.2 Å². The molecule has 1 fully saturated rings. The number of ether oxygens (including phenoxy) is 3. The van der Waals surface area contributed by atoms with E-state index in [-0.39, 0.29) is 6.10 Å². The van der Waals surface area contributed by atoms with Gasteiger partial charge in [-0.05, 0) is 19.9 Å². The third-order valence-corrected chi connectivity index (χ3v) is 4.08. The molecule has 3 N–H and O–H groups in total. The third kappa shape index (κ3) is 4.97. The van der Waals surface area contributed by atoms with Gasteiger partial charge < -0.3 is 24.0 Å². The summed E-state index contributed by atoms with van der Waals surface area (Å²) in [7, 11) is -2.98. The smallest absolute Gasteiger partial charge is 0.348 e. The van der Waals surface area contributed by atoms with E-state index in [1.54, 1.807) is 13.8 Å². The molecule has 0 amide bonds. The molecule has 0 saturated carbocycles. The minimum Gasteiger partial charge on any atom is -0.374 e. The fourth-order valence-electron chi connectivity index (χ4n) is 2.59. The maximum absolute atomic E-state index is 12.0. The zero-order valence-corrected chi connectivity index (χ0v) is 14.8. The highest BCUT2D eigenvalue weighted by atomic mass is 31.2. The van der Waals surface area contributed by atoms with Gasteiger partial charge in [-0.3, -0.25) is 18.9 Å². The monoisotopic (exact) mass is 376 g/mol. The summed E-state index contributed by atoms with van der Waals surface area (Å²) in [4.78, 5) is 43.4. The zero-order chi connectivity index (χ0) is 18.8. The molecule has 0 unspecified atom stereocenters. The lowest BCUT2D eigenvalue weighted by Gasteiger charge is -2.24. The molecule has 1 saturated heterocycles. The molecule has 25 heavy (non-hydrogen) atoms. The first-order valence-electron chi connectivity index (χ1n) is 7.52. The van der Waals surface area contributed by atoms with Crippen molar-refractivity contribution in [3.63, 3.8) is 0 Å². The van der Waals surface area contributed by atoms with Crippen LogP contribution in [0.15, 0.2) is 33.7 Å². The number of rotatable bonds is 6.